The molecule has 0 unspecified atom stereocenters. The summed E-state index contributed by atoms with van der Waals surface area (Å²) in [6.07, 6.45) is -1.93. The molecule has 2 saturated heterocycles. The molecule has 2 aliphatic rings. The lowest BCUT2D eigenvalue weighted by Crippen LogP contribution is -2.48. The molecule has 2 heterocycles. The first-order chi connectivity index (χ1) is 16.4. The number of rotatable bonds is 5. The average molecular weight is 468 g/mol. The summed E-state index contributed by atoms with van der Waals surface area (Å²) < 4.78 is 53.3. The standard InChI is InChI=1S/C28H28F3NO2/c29-28(30,31)23-12-13-25(33-18-20-8-3-1-4-9-20)24(16-23)22-17-27(34-19-22)14-7-15-32-26(27)21-10-5-2-6-11-21/h1-6,8-13,16,22,26,32H,7,14-15,17-19H2/t22-,26-,27+/m0/s1. The molecule has 3 atom stereocenters. The van der Waals surface area contributed by atoms with Crippen molar-refractivity contribution in [3.8, 4) is 5.75 Å². The summed E-state index contributed by atoms with van der Waals surface area (Å²) in [5, 5.41) is 3.60. The first-order valence-corrected chi connectivity index (χ1v) is 11.7. The van der Waals surface area contributed by atoms with E-state index >= 15 is 0 Å². The van der Waals surface area contributed by atoms with E-state index in [1.165, 1.54) is 12.1 Å². The highest BCUT2D eigenvalue weighted by atomic mass is 19.4. The number of alkyl halides is 3. The van der Waals surface area contributed by atoms with Crippen molar-refractivity contribution >= 4 is 0 Å². The van der Waals surface area contributed by atoms with Crippen LogP contribution in [0.2, 0.25) is 0 Å². The highest BCUT2D eigenvalue weighted by Gasteiger charge is 2.49. The number of ether oxygens (including phenoxy) is 2. The maximum atomic E-state index is 13.6. The van der Waals surface area contributed by atoms with Crippen molar-refractivity contribution in [3.05, 3.63) is 101 Å². The Kier molecular flexibility index (Phi) is 6.36. The molecule has 0 aliphatic carbocycles. The fourth-order valence-electron chi connectivity index (χ4n) is 5.32. The molecule has 1 spiro atoms. The van der Waals surface area contributed by atoms with Crippen LogP contribution in [0.25, 0.3) is 0 Å². The topological polar surface area (TPSA) is 30.5 Å². The van der Waals surface area contributed by atoms with Gasteiger partial charge in [-0.25, -0.2) is 0 Å². The molecule has 0 amide bonds. The van der Waals surface area contributed by atoms with Gasteiger partial charge in [-0.05, 0) is 55.1 Å². The van der Waals surface area contributed by atoms with Crippen LogP contribution in [0, 0.1) is 0 Å². The number of hydrogen-bond acceptors (Lipinski definition) is 3. The number of piperidine rings is 1. The Hall–Kier alpha value is -2.83. The van der Waals surface area contributed by atoms with Crippen molar-refractivity contribution in [2.24, 2.45) is 0 Å². The highest BCUT2D eigenvalue weighted by Crippen LogP contribution is 2.50. The van der Waals surface area contributed by atoms with E-state index in [2.05, 4.69) is 17.4 Å². The molecule has 0 bridgehead atoms. The van der Waals surface area contributed by atoms with Gasteiger partial charge in [-0.1, -0.05) is 60.7 Å². The van der Waals surface area contributed by atoms with Gasteiger partial charge in [-0.15, -0.1) is 0 Å². The molecule has 0 saturated carbocycles. The maximum absolute atomic E-state index is 13.6. The van der Waals surface area contributed by atoms with E-state index in [4.69, 9.17) is 9.47 Å². The summed E-state index contributed by atoms with van der Waals surface area (Å²) in [7, 11) is 0. The van der Waals surface area contributed by atoms with Crippen molar-refractivity contribution in [2.75, 3.05) is 13.2 Å². The first kappa shape index (κ1) is 22.9. The second-order valence-electron chi connectivity index (χ2n) is 9.20. The van der Waals surface area contributed by atoms with E-state index in [9.17, 15) is 13.2 Å². The number of hydrogen-bond donors (Lipinski definition) is 1. The van der Waals surface area contributed by atoms with Gasteiger partial charge in [0.1, 0.15) is 12.4 Å². The van der Waals surface area contributed by atoms with E-state index in [0.29, 0.717) is 30.9 Å². The van der Waals surface area contributed by atoms with Gasteiger partial charge in [0.2, 0.25) is 0 Å². The summed E-state index contributed by atoms with van der Waals surface area (Å²) in [6, 6.07) is 23.6. The van der Waals surface area contributed by atoms with Gasteiger partial charge >= 0.3 is 6.18 Å². The normalized spacial score (nSPS) is 24.9. The van der Waals surface area contributed by atoms with Crippen LogP contribution >= 0.6 is 0 Å². The third-order valence-corrected chi connectivity index (χ3v) is 6.96. The van der Waals surface area contributed by atoms with Crippen LogP contribution in [0.5, 0.6) is 5.75 Å². The van der Waals surface area contributed by atoms with Crippen LogP contribution in [0.15, 0.2) is 78.9 Å². The number of halogens is 3. The number of benzene rings is 3. The largest absolute Gasteiger partial charge is 0.489 e. The van der Waals surface area contributed by atoms with Crippen molar-refractivity contribution in [1.82, 2.24) is 5.32 Å². The van der Waals surface area contributed by atoms with Gasteiger partial charge in [-0.3, -0.25) is 0 Å². The average Bonchev–Trinajstić information content (AvgIpc) is 3.27. The Labute approximate surface area is 197 Å². The maximum Gasteiger partial charge on any atom is 0.416 e. The monoisotopic (exact) mass is 467 g/mol. The minimum absolute atomic E-state index is 0.00642. The summed E-state index contributed by atoms with van der Waals surface area (Å²) >= 11 is 0. The third-order valence-electron chi connectivity index (χ3n) is 6.96. The lowest BCUT2D eigenvalue weighted by molar-refractivity contribution is -0.137. The highest BCUT2D eigenvalue weighted by molar-refractivity contribution is 5.42. The van der Waals surface area contributed by atoms with Gasteiger partial charge in [0, 0.05) is 11.5 Å². The molecule has 6 heteroatoms. The molecule has 5 rings (SSSR count). The van der Waals surface area contributed by atoms with Crippen molar-refractivity contribution in [1.29, 1.82) is 0 Å². The van der Waals surface area contributed by atoms with Crippen LogP contribution < -0.4 is 10.1 Å². The smallest absolute Gasteiger partial charge is 0.416 e. The minimum Gasteiger partial charge on any atom is -0.489 e. The Bertz CT molecular complexity index is 1100. The fourth-order valence-corrected chi connectivity index (χ4v) is 5.32. The molecule has 3 aromatic rings. The van der Waals surface area contributed by atoms with Crippen molar-refractivity contribution in [2.45, 2.75) is 49.6 Å². The number of nitrogens with one attached hydrogen (secondary N) is 1. The molecule has 1 N–H and O–H groups in total. The molecule has 2 aliphatic heterocycles. The molecule has 2 fully saturated rings. The fraction of sp³-hybridized carbons (Fsp3) is 0.357. The van der Waals surface area contributed by atoms with Crippen molar-refractivity contribution in [3.63, 3.8) is 0 Å². The molecular weight excluding hydrogens is 439 g/mol. The Morgan fingerprint density at radius 1 is 0.971 bits per heavy atom. The van der Waals surface area contributed by atoms with E-state index in [1.54, 1.807) is 0 Å². The van der Waals surface area contributed by atoms with Crippen LogP contribution in [-0.4, -0.2) is 18.8 Å². The Balaban J connectivity index is 1.45. The van der Waals surface area contributed by atoms with Gasteiger partial charge < -0.3 is 14.8 Å². The molecule has 34 heavy (non-hydrogen) atoms. The SMILES string of the molecule is FC(F)(F)c1ccc(OCc2ccccc2)c([C@@H]2CO[C@]3(CCCN[C@H]3c3ccccc3)C2)c1. The van der Waals surface area contributed by atoms with Gasteiger partial charge in [0.25, 0.3) is 0 Å². The Morgan fingerprint density at radius 2 is 1.71 bits per heavy atom. The lowest BCUT2D eigenvalue weighted by Gasteiger charge is -2.41. The summed E-state index contributed by atoms with van der Waals surface area (Å²) in [5.74, 6) is 0.307. The molecule has 3 nitrogen and oxygen atoms in total. The van der Waals surface area contributed by atoms with Gasteiger partial charge in [0.05, 0.1) is 23.8 Å². The van der Waals surface area contributed by atoms with Crippen molar-refractivity contribution < 1.29 is 22.6 Å². The van der Waals surface area contributed by atoms with E-state index in [0.717, 1.165) is 36.6 Å². The van der Waals surface area contributed by atoms with Crippen LogP contribution in [0.1, 0.15) is 53.5 Å². The predicted molar refractivity (Wildman–Crippen MR) is 125 cm³/mol. The lowest BCUT2D eigenvalue weighted by atomic mass is 9.76. The van der Waals surface area contributed by atoms with Gasteiger partial charge in [-0.2, -0.15) is 13.2 Å². The Morgan fingerprint density at radius 3 is 2.44 bits per heavy atom. The van der Waals surface area contributed by atoms with E-state index in [-0.39, 0.29) is 12.0 Å². The second-order valence-corrected chi connectivity index (χ2v) is 9.20. The molecule has 0 aromatic heterocycles. The summed E-state index contributed by atoms with van der Waals surface area (Å²) in [6.45, 7) is 1.56. The van der Waals surface area contributed by atoms with Crippen LogP contribution in [0.3, 0.4) is 0 Å². The molecular formula is C28H28F3NO2. The second kappa shape index (κ2) is 9.43. The van der Waals surface area contributed by atoms with Crippen LogP contribution in [-0.2, 0) is 17.5 Å². The summed E-state index contributed by atoms with van der Waals surface area (Å²) in [4.78, 5) is 0. The predicted octanol–water partition coefficient (Wildman–Crippen LogP) is 6.65. The molecule has 178 valence electrons. The molecule has 0 radical (unpaired) electrons. The zero-order valence-electron chi connectivity index (χ0n) is 18.9. The zero-order valence-corrected chi connectivity index (χ0v) is 18.9. The third kappa shape index (κ3) is 4.70. The van der Waals surface area contributed by atoms with Crippen LogP contribution in [0.4, 0.5) is 13.2 Å². The molecule has 3 aromatic carbocycles. The minimum atomic E-state index is -4.41. The van der Waals surface area contributed by atoms with E-state index < -0.39 is 17.3 Å². The van der Waals surface area contributed by atoms with Gasteiger partial charge in [0.15, 0.2) is 0 Å². The first-order valence-electron chi connectivity index (χ1n) is 11.7. The van der Waals surface area contributed by atoms with E-state index in [1.807, 2.05) is 48.5 Å². The zero-order chi connectivity index (χ0) is 23.6. The quantitative estimate of drug-likeness (QED) is 0.456. The summed E-state index contributed by atoms with van der Waals surface area (Å²) in [5.41, 5.74) is 1.58.